The lowest BCUT2D eigenvalue weighted by Gasteiger charge is -2.25. The molecule has 1 aliphatic rings. The molecule has 2 rings (SSSR count). The number of methoxy groups -OCH3 is 2. The lowest BCUT2D eigenvalue weighted by Crippen LogP contribution is -2.54. The van der Waals surface area contributed by atoms with Crippen LogP contribution < -0.4 is 14.8 Å². The van der Waals surface area contributed by atoms with Crippen LogP contribution in [0.15, 0.2) is 23.8 Å². The largest absolute Gasteiger partial charge is 0.493 e. The van der Waals surface area contributed by atoms with E-state index >= 15 is 0 Å². The third-order valence-corrected chi connectivity index (χ3v) is 3.36. The molecular formula is C16H18N2O7. The average molecular weight is 350 g/mol. The van der Waals surface area contributed by atoms with E-state index in [-0.39, 0.29) is 25.5 Å². The monoisotopic (exact) mass is 350 g/mol. The highest BCUT2D eigenvalue weighted by atomic mass is 16.5. The van der Waals surface area contributed by atoms with Gasteiger partial charge in [-0.1, -0.05) is 6.07 Å². The molecule has 1 saturated heterocycles. The molecule has 1 fully saturated rings. The maximum atomic E-state index is 12.4. The molecule has 2 N–H and O–H groups in total. The van der Waals surface area contributed by atoms with E-state index in [1.807, 2.05) is 0 Å². The lowest BCUT2D eigenvalue weighted by atomic mass is 10.1. The summed E-state index contributed by atoms with van der Waals surface area (Å²) in [6.07, 6.45) is 1.34. The van der Waals surface area contributed by atoms with Gasteiger partial charge in [-0.15, -0.1) is 0 Å². The molecule has 9 heteroatoms. The van der Waals surface area contributed by atoms with Crippen molar-refractivity contribution in [2.45, 2.75) is 0 Å². The van der Waals surface area contributed by atoms with Crippen LogP contribution in [0, 0.1) is 0 Å². The zero-order valence-electron chi connectivity index (χ0n) is 13.8. The van der Waals surface area contributed by atoms with Crippen molar-refractivity contribution in [3.8, 4) is 11.5 Å². The smallest absolute Gasteiger partial charge is 0.333 e. The summed E-state index contributed by atoms with van der Waals surface area (Å²) in [5.74, 6) is -0.664. The third-order valence-electron chi connectivity index (χ3n) is 3.36. The predicted octanol–water partition coefficient (Wildman–Crippen LogP) is 0.132. The first-order chi connectivity index (χ1) is 12.0. The van der Waals surface area contributed by atoms with Gasteiger partial charge >= 0.3 is 6.03 Å². The molecule has 0 radical (unpaired) electrons. The van der Waals surface area contributed by atoms with Gasteiger partial charge in [0.25, 0.3) is 11.8 Å². The van der Waals surface area contributed by atoms with Crippen molar-refractivity contribution in [1.29, 1.82) is 0 Å². The Morgan fingerprint density at radius 3 is 2.52 bits per heavy atom. The van der Waals surface area contributed by atoms with E-state index in [0.717, 1.165) is 4.90 Å². The molecule has 0 aliphatic carbocycles. The summed E-state index contributed by atoms with van der Waals surface area (Å²) in [6, 6.07) is 3.98. The maximum absolute atomic E-state index is 12.4. The molecule has 4 amide bonds. The molecule has 25 heavy (non-hydrogen) atoms. The molecule has 0 bridgehead atoms. The number of aliphatic hydroxyl groups is 1. The van der Waals surface area contributed by atoms with E-state index in [0.29, 0.717) is 17.1 Å². The third kappa shape index (κ3) is 4.14. The number of nitrogens with one attached hydrogen (secondary N) is 1. The molecule has 0 aromatic heterocycles. The first-order valence-corrected chi connectivity index (χ1v) is 7.31. The van der Waals surface area contributed by atoms with Gasteiger partial charge in [-0.3, -0.25) is 14.9 Å². The normalized spacial score (nSPS) is 16.2. The Labute approximate surface area is 143 Å². The fourth-order valence-corrected chi connectivity index (χ4v) is 2.14. The molecule has 0 atom stereocenters. The summed E-state index contributed by atoms with van der Waals surface area (Å²) >= 11 is 0. The Balaban J connectivity index is 2.29. The molecule has 0 saturated carbocycles. The van der Waals surface area contributed by atoms with Crippen molar-refractivity contribution in [2.24, 2.45) is 0 Å². The van der Waals surface area contributed by atoms with Crippen molar-refractivity contribution < 1.29 is 33.7 Å². The van der Waals surface area contributed by atoms with E-state index in [2.05, 4.69) is 5.32 Å². The van der Waals surface area contributed by atoms with Crippen molar-refractivity contribution in [2.75, 3.05) is 34.2 Å². The number of barbiturate groups is 1. The molecule has 0 unspecified atom stereocenters. The van der Waals surface area contributed by atoms with Crippen LogP contribution in [0.3, 0.4) is 0 Å². The SMILES string of the molecule is COc1ccc(/C=C2\C(=O)NC(=O)N(COCCO)C2=O)cc1OC. The first-order valence-electron chi connectivity index (χ1n) is 7.31. The number of carbonyl (C=O) groups is 3. The van der Waals surface area contributed by atoms with Crippen LogP contribution in [0.5, 0.6) is 11.5 Å². The van der Waals surface area contributed by atoms with Crippen LogP contribution in [0.2, 0.25) is 0 Å². The van der Waals surface area contributed by atoms with Gasteiger partial charge in [0.15, 0.2) is 11.5 Å². The topological polar surface area (TPSA) is 114 Å². The number of carbonyl (C=O) groups excluding carboxylic acids is 3. The highest BCUT2D eigenvalue weighted by Gasteiger charge is 2.35. The summed E-state index contributed by atoms with van der Waals surface area (Å²) in [6.45, 7) is -0.668. The second-order valence-corrected chi connectivity index (χ2v) is 4.93. The van der Waals surface area contributed by atoms with Crippen LogP contribution in [0.1, 0.15) is 5.56 Å². The number of imide groups is 2. The first kappa shape index (κ1) is 18.4. The minimum atomic E-state index is -0.877. The van der Waals surface area contributed by atoms with Gasteiger partial charge in [0, 0.05) is 0 Å². The van der Waals surface area contributed by atoms with Gasteiger partial charge in [-0.25, -0.2) is 9.69 Å². The minimum absolute atomic E-state index is 0.0419. The number of ether oxygens (including phenoxy) is 3. The summed E-state index contributed by atoms with van der Waals surface area (Å²) in [7, 11) is 2.95. The van der Waals surface area contributed by atoms with Gasteiger partial charge in [-0.2, -0.15) is 0 Å². The van der Waals surface area contributed by atoms with Gasteiger partial charge in [0.2, 0.25) is 0 Å². The summed E-state index contributed by atoms with van der Waals surface area (Å²) in [4.78, 5) is 36.9. The second-order valence-electron chi connectivity index (χ2n) is 4.93. The van der Waals surface area contributed by atoms with E-state index in [9.17, 15) is 14.4 Å². The Morgan fingerprint density at radius 1 is 1.16 bits per heavy atom. The summed E-state index contributed by atoms with van der Waals surface area (Å²) in [5.41, 5.74) is 0.293. The molecule has 0 spiro atoms. The lowest BCUT2D eigenvalue weighted by molar-refractivity contribution is -0.133. The van der Waals surface area contributed by atoms with Gasteiger partial charge in [-0.05, 0) is 23.8 Å². The van der Waals surface area contributed by atoms with Crippen LogP contribution in [-0.2, 0) is 14.3 Å². The Bertz CT molecular complexity index is 714. The molecule has 1 heterocycles. The van der Waals surface area contributed by atoms with E-state index in [4.69, 9.17) is 19.3 Å². The second kappa shape index (κ2) is 8.27. The fraction of sp³-hybridized carbons (Fsp3) is 0.312. The van der Waals surface area contributed by atoms with E-state index in [1.54, 1.807) is 18.2 Å². The van der Waals surface area contributed by atoms with Crippen LogP contribution in [0.4, 0.5) is 4.79 Å². The van der Waals surface area contributed by atoms with E-state index < -0.39 is 17.8 Å². The van der Waals surface area contributed by atoms with Crippen molar-refractivity contribution in [1.82, 2.24) is 10.2 Å². The predicted molar refractivity (Wildman–Crippen MR) is 85.8 cm³/mol. The Hall–Kier alpha value is -2.91. The minimum Gasteiger partial charge on any atom is -0.493 e. The quantitative estimate of drug-likeness (QED) is 0.408. The maximum Gasteiger partial charge on any atom is 0.333 e. The Kier molecular flexibility index (Phi) is 6.09. The number of urea groups is 1. The van der Waals surface area contributed by atoms with Crippen LogP contribution >= 0.6 is 0 Å². The van der Waals surface area contributed by atoms with Crippen molar-refractivity contribution in [3.05, 3.63) is 29.3 Å². The molecule has 134 valence electrons. The summed E-state index contributed by atoms with van der Waals surface area (Å²) in [5, 5.41) is 10.8. The van der Waals surface area contributed by atoms with Crippen molar-refractivity contribution in [3.63, 3.8) is 0 Å². The van der Waals surface area contributed by atoms with Gasteiger partial charge in [0.1, 0.15) is 12.3 Å². The molecular weight excluding hydrogens is 332 g/mol. The van der Waals surface area contributed by atoms with Crippen LogP contribution in [-0.4, -0.2) is 62.0 Å². The number of benzene rings is 1. The number of aliphatic hydroxyl groups excluding tert-OH is 1. The standard InChI is InChI=1S/C16H18N2O7/c1-23-12-4-3-10(8-13(12)24-2)7-11-14(20)17-16(22)18(15(11)21)9-25-6-5-19/h3-4,7-8,19H,5-6,9H2,1-2H3,(H,17,20,22)/b11-7+. The number of amides is 4. The number of hydrogen-bond donors (Lipinski definition) is 2. The number of hydrogen-bond acceptors (Lipinski definition) is 7. The highest BCUT2D eigenvalue weighted by Crippen LogP contribution is 2.28. The fourth-order valence-electron chi connectivity index (χ4n) is 2.14. The molecule has 1 aromatic rings. The number of nitrogens with zero attached hydrogens (tertiary/aromatic N) is 1. The van der Waals surface area contributed by atoms with Gasteiger partial charge in [0.05, 0.1) is 27.4 Å². The zero-order valence-corrected chi connectivity index (χ0v) is 13.8. The van der Waals surface area contributed by atoms with Gasteiger partial charge < -0.3 is 19.3 Å². The average Bonchev–Trinajstić information content (AvgIpc) is 2.61. The highest BCUT2D eigenvalue weighted by molar-refractivity contribution is 6.30. The Morgan fingerprint density at radius 2 is 1.88 bits per heavy atom. The van der Waals surface area contributed by atoms with Crippen molar-refractivity contribution >= 4 is 23.9 Å². The molecule has 1 aliphatic heterocycles. The number of rotatable bonds is 7. The molecule has 1 aromatic carbocycles. The van der Waals surface area contributed by atoms with Crippen LogP contribution in [0.25, 0.3) is 6.08 Å². The zero-order chi connectivity index (χ0) is 18.4. The molecule has 9 nitrogen and oxygen atoms in total. The van der Waals surface area contributed by atoms with E-state index in [1.165, 1.54) is 20.3 Å². The summed E-state index contributed by atoms with van der Waals surface area (Å²) < 4.78 is 15.3.